The first-order valence-corrected chi connectivity index (χ1v) is 8.04. The van der Waals surface area contributed by atoms with E-state index in [0.717, 1.165) is 21.7 Å². The number of halogens is 1. The highest BCUT2D eigenvalue weighted by Crippen LogP contribution is 2.17. The van der Waals surface area contributed by atoms with Gasteiger partial charge in [-0.1, -0.05) is 22.0 Å². The lowest BCUT2D eigenvalue weighted by Crippen LogP contribution is -2.33. The molecule has 0 saturated heterocycles. The Morgan fingerprint density at radius 2 is 2.26 bits per heavy atom. The Kier molecular flexibility index (Phi) is 8.69. The average Bonchev–Trinajstić information content (AvgIpc) is 2.38. The summed E-state index contributed by atoms with van der Waals surface area (Å²) in [6, 6.07) is 7.80. The van der Waals surface area contributed by atoms with Crippen LogP contribution in [-0.2, 0) is 4.79 Å². The van der Waals surface area contributed by atoms with Gasteiger partial charge in [0.2, 0.25) is 5.91 Å². The Bertz CT molecular complexity index is 391. The normalized spacial score (nSPS) is 10.2. The molecule has 19 heavy (non-hydrogen) atoms. The van der Waals surface area contributed by atoms with Gasteiger partial charge in [-0.25, -0.2) is 0 Å². The predicted molar refractivity (Wildman–Crippen MR) is 83.9 cm³/mol. The topological polar surface area (TPSA) is 50.4 Å². The largest absolute Gasteiger partial charge is 0.493 e. The Morgan fingerprint density at radius 3 is 3.00 bits per heavy atom. The fraction of sp³-hybridized carbons (Fsp3) is 0.462. The summed E-state index contributed by atoms with van der Waals surface area (Å²) in [6.07, 6.45) is 0. The molecule has 0 aliphatic rings. The third kappa shape index (κ3) is 8.13. The van der Waals surface area contributed by atoms with E-state index in [4.69, 9.17) is 4.74 Å². The molecule has 0 fully saturated rings. The van der Waals surface area contributed by atoms with E-state index >= 15 is 0 Å². The molecule has 106 valence electrons. The van der Waals surface area contributed by atoms with Gasteiger partial charge in [0.1, 0.15) is 5.75 Å². The minimum absolute atomic E-state index is 0.0356. The zero-order valence-corrected chi connectivity index (χ0v) is 13.4. The number of thioether (sulfide) groups is 1. The highest BCUT2D eigenvalue weighted by molar-refractivity contribution is 9.10. The second kappa shape index (κ2) is 10.1. The fourth-order valence-electron chi connectivity index (χ4n) is 1.36. The van der Waals surface area contributed by atoms with Gasteiger partial charge in [0.05, 0.1) is 13.2 Å². The van der Waals surface area contributed by atoms with Crippen molar-refractivity contribution in [2.24, 2.45) is 0 Å². The Morgan fingerprint density at radius 1 is 1.42 bits per heavy atom. The van der Waals surface area contributed by atoms with E-state index in [-0.39, 0.29) is 5.91 Å². The molecule has 0 bridgehead atoms. The van der Waals surface area contributed by atoms with Gasteiger partial charge >= 0.3 is 0 Å². The zero-order chi connectivity index (χ0) is 13.9. The summed E-state index contributed by atoms with van der Waals surface area (Å²) >= 11 is 5.17. The van der Waals surface area contributed by atoms with Crippen molar-refractivity contribution in [3.63, 3.8) is 0 Å². The van der Waals surface area contributed by atoms with Crippen molar-refractivity contribution in [1.82, 2.24) is 10.6 Å². The lowest BCUT2D eigenvalue weighted by atomic mass is 10.3. The van der Waals surface area contributed by atoms with Gasteiger partial charge in [0.25, 0.3) is 0 Å². The summed E-state index contributed by atoms with van der Waals surface area (Å²) in [6.45, 7) is 1.74. The first kappa shape index (κ1) is 16.3. The maximum absolute atomic E-state index is 11.1. The summed E-state index contributed by atoms with van der Waals surface area (Å²) in [5.41, 5.74) is 0. The van der Waals surface area contributed by atoms with Gasteiger partial charge in [-0.2, -0.15) is 11.8 Å². The van der Waals surface area contributed by atoms with Crippen LogP contribution in [0.25, 0.3) is 0 Å². The smallest absolute Gasteiger partial charge is 0.233 e. The number of nitrogens with one attached hydrogen (secondary N) is 2. The Hall–Kier alpha value is -0.720. The molecule has 0 radical (unpaired) electrons. The van der Waals surface area contributed by atoms with Gasteiger partial charge in [-0.05, 0) is 25.2 Å². The second-order valence-electron chi connectivity index (χ2n) is 3.80. The molecule has 0 aliphatic heterocycles. The molecule has 0 aliphatic carbocycles. The van der Waals surface area contributed by atoms with Crippen molar-refractivity contribution in [2.75, 3.05) is 38.2 Å². The molecule has 1 aromatic rings. The minimum atomic E-state index is 0.0356. The van der Waals surface area contributed by atoms with Crippen molar-refractivity contribution in [1.29, 1.82) is 0 Å². The molecular weight excluding hydrogens is 328 g/mol. The van der Waals surface area contributed by atoms with Crippen molar-refractivity contribution < 1.29 is 9.53 Å². The second-order valence-corrected chi connectivity index (χ2v) is 5.94. The molecule has 2 N–H and O–H groups in total. The van der Waals surface area contributed by atoms with Crippen LogP contribution >= 0.6 is 27.7 Å². The summed E-state index contributed by atoms with van der Waals surface area (Å²) in [7, 11) is 1.76. The van der Waals surface area contributed by atoms with Crippen LogP contribution in [0.5, 0.6) is 5.75 Å². The van der Waals surface area contributed by atoms with Crippen LogP contribution in [-0.4, -0.2) is 44.2 Å². The lowest BCUT2D eigenvalue weighted by molar-refractivity contribution is -0.120. The molecule has 1 rings (SSSR count). The molecule has 0 spiro atoms. The number of rotatable bonds is 9. The van der Waals surface area contributed by atoms with Crippen molar-refractivity contribution >= 4 is 33.6 Å². The monoisotopic (exact) mass is 346 g/mol. The van der Waals surface area contributed by atoms with Crippen LogP contribution < -0.4 is 15.4 Å². The van der Waals surface area contributed by atoms with Crippen molar-refractivity contribution in [3.8, 4) is 5.75 Å². The molecular formula is C13H19BrN2O2S. The van der Waals surface area contributed by atoms with E-state index in [1.807, 2.05) is 24.3 Å². The lowest BCUT2D eigenvalue weighted by Gasteiger charge is -2.07. The SMILES string of the molecule is CNCC(=O)NCCSCCOc1cccc(Br)c1. The Balaban J connectivity index is 1.98. The van der Waals surface area contributed by atoms with Crippen molar-refractivity contribution in [3.05, 3.63) is 28.7 Å². The van der Waals surface area contributed by atoms with E-state index in [2.05, 4.69) is 26.6 Å². The number of amides is 1. The third-order valence-electron chi connectivity index (χ3n) is 2.20. The number of likely N-dealkylation sites (N-methyl/N-ethyl adjacent to an activating group) is 1. The molecule has 1 amide bonds. The number of carbonyl (C=O) groups is 1. The van der Waals surface area contributed by atoms with Gasteiger partial charge < -0.3 is 15.4 Å². The maximum atomic E-state index is 11.1. The van der Waals surface area contributed by atoms with Gasteiger partial charge in [-0.15, -0.1) is 0 Å². The molecule has 0 unspecified atom stereocenters. The first-order chi connectivity index (χ1) is 9.22. The highest BCUT2D eigenvalue weighted by Gasteiger charge is 1.98. The van der Waals surface area contributed by atoms with E-state index in [1.54, 1.807) is 18.8 Å². The number of ether oxygens (including phenoxy) is 1. The highest BCUT2D eigenvalue weighted by atomic mass is 79.9. The summed E-state index contributed by atoms with van der Waals surface area (Å²) in [5.74, 6) is 2.72. The van der Waals surface area contributed by atoms with E-state index in [0.29, 0.717) is 19.7 Å². The minimum Gasteiger partial charge on any atom is -0.493 e. The molecule has 4 nitrogen and oxygen atoms in total. The third-order valence-corrected chi connectivity index (χ3v) is 3.64. The fourth-order valence-corrected chi connectivity index (χ4v) is 2.39. The van der Waals surface area contributed by atoms with Gasteiger partial charge in [-0.3, -0.25) is 4.79 Å². The van der Waals surface area contributed by atoms with Gasteiger partial charge in [0.15, 0.2) is 0 Å². The summed E-state index contributed by atoms with van der Waals surface area (Å²) < 4.78 is 6.62. The van der Waals surface area contributed by atoms with Crippen LogP contribution in [0.1, 0.15) is 0 Å². The van der Waals surface area contributed by atoms with E-state index < -0.39 is 0 Å². The summed E-state index contributed by atoms with van der Waals surface area (Å²) in [5, 5.41) is 5.64. The van der Waals surface area contributed by atoms with E-state index in [9.17, 15) is 4.79 Å². The first-order valence-electron chi connectivity index (χ1n) is 6.10. The van der Waals surface area contributed by atoms with Crippen LogP contribution in [0.2, 0.25) is 0 Å². The number of benzene rings is 1. The predicted octanol–water partition coefficient (Wildman–Crippen LogP) is 1.90. The molecule has 0 aromatic heterocycles. The van der Waals surface area contributed by atoms with Gasteiger partial charge in [0, 0.05) is 22.5 Å². The average molecular weight is 347 g/mol. The van der Waals surface area contributed by atoms with Crippen molar-refractivity contribution in [2.45, 2.75) is 0 Å². The summed E-state index contributed by atoms with van der Waals surface area (Å²) in [4.78, 5) is 11.1. The zero-order valence-electron chi connectivity index (χ0n) is 10.9. The standard InChI is InChI=1S/C13H19BrN2O2S/c1-15-10-13(17)16-5-7-19-8-6-18-12-4-2-3-11(14)9-12/h2-4,9,15H,5-8,10H2,1H3,(H,16,17). The number of hydrogen-bond donors (Lipinski definition) is 2. The molecule has 0 atom stereocenters. The van der Waals surface area contributed by atoms with E-state index in [1.165, 1.54) is 0 Å². The van der Waals surface area contributed by atoms with Crippen LogP contribution in [0.4, 0.5) is 0 Å². The number of carbonyl (C=O) groups excluding carboxylic acids is 1. The molecule has 1 aromatic carbocycles. The Labute approximate surface area is 126 Å². The number of hydrogen-bond acceptors (Lipinski definition) is 4. The maximum Gasteiger partial charge on any atom is 0.233 e. The molecule has 0 heterocycles. The molecule has 6 heteroatoms. The van der Waals surface area contributed by atoms with Crippen LogP contribution in [0, 0.1) is 0 Å². The van der Waals surface area contributed by atoms with Crippen LogP contribution in [0.15, 0.2) is 28.7 Å². The van der Waals surface area contributed by atoms with Crippen LogP contribution in [0.3, 0.4) is 0 Å². The molecule has 0 saturated carbocycles. The quantitative estimate of drug-likeness (QED) is 0.670.